The molecule has 1 aromatic carbocycles. The van der Waals surface area contributed by atoms with Crippen molar-refractivity contribution < 1.29 is 27.1 Å². The highest BCUT2D eigenvalue weighted by molar-refractivity contribution is 14.1. The molecule has 0 aliphatic rings. The smallest absolute Gasteiger partial charge is 0.421 e. The summed E-state index contributed by atoms with van der Waals surface area (Å²) in [6, 6.07) is 4.66. The highest BCUT2D eigenvalue weighted by Gasteiger charge is 2.36. The average Bonchev–Trinajstić information content (AvgIpc) is 2.43. The predicted molar refractivity (Wildman–Crippen MR) is 73.8 cm³/mol. The van der Waals surface area contributed by atoms with Gasteiger partial charge in [0, 0.05) is 11.8 Å². The molecule has 0 atom stereocenters. The zero-order chi connectivity index (χ0) is 15.6. The molecule has 2 rings (SSSR count). The van der Waals surface area contributed by atoms with Gasteiger partial charge in [0.2, 0.25) is 5.88 Å². The van der Waals surface area contributed by atoms with Gasteiger partial charge < -0.3 is 4.74 Å². The summed E-state index contributed by atoms with van der Waals surface area (Å²) in [6.45, 7) is 0. The molecule has 1 aromatic heterocycles. The van der Waals surface area contributed by atoms with Crippen molar-refractivity contribution in [1.82, 2.24) is 4.98 Å². The first kappa shape index (κ1) is 15.7. The first-order valence-electron chi connectivity index (χ1n) is 5.47. The molecular weight excluding hydrogens is 405 g/mol. The predicted octanol–water partition coefficient (Wildman–Crippen LogP) is 4.45. The molecule has 21 heavy (non-hydrogen) atoms. The lowest BCUT2D eigenvalue weighted by molar-refractivity contribution is -0.138. The standard InChI is InChI=1S/C13H6F4INO2/c14-11-9(18)2-1-3-10(11)21-12-8(13(15,16)17)4-7(6-20)5-19-12/h1-6H. The van der Waals surface area contributed by atoms with E-state index in [1.165, 1.54) is 18.2 Å². The Kier molecular flexibility index (Phi) is 4.45. The van der Waals surface area contributed by atoms with Gasteiger partial charge in [0.1, 0.15) is 5.56 Å². The number of hydrogen-bond acceptors (Lipinski definition) is 3. The van der Waals surface area contributed by atoms with Gasteiger partial charge in [0.05, 0.1) is 3.57 Å². The largest absolute Gasteiger partial charge is 0.435 e. The van der Waals surface area contributed by atoms with Gasteiger partial charge >= 0.3 is 6.18 Å². The van der Waals surface area contributed by atoms with Crippen molar-refractivity contribution in [2.24, 2.45) is 0 Å². The van der Waals surface area contributed by atoms with Crippen molar-refractivity contribution in [3.8, 4) is 11.6 Å². The van der Waals surface area contributed by atoms with Crippen LogP contribution in [0.25, 0.3) is 0 Å². The first-order chi connectivity index (χ1) is 9.82. The van der Waals surface area contributed by atoms with Crippen LogP contribution >= 0.6 is 22.6 Å². The average molecular weight is 411 g/mol. The second kappa shape index (κ2) is 5.96. The van der Waals surface area contributed by atoms with Gasteiger partial charge in [-0.2, -0.15) is 13.2 Å². The van der Waals surface area contributed by atoms with Crippen LogP contribution in [0.3, 0.4) is 0 Å². The van der Waals surface area contributed by atoms with Crippen LogP contribution in [-0.4, -0.2) is 11.3 Å². The molecule has 0 bridgehead atoms. The summed E-state index contributed by atoms with van der Waals surface area (Å²) in [7, 11) is 0. The van der Waals surface area contributed by atoms with Gasteiger partial charge in [0.15, 0.2) is 17.9 Å². The van der Waals surface area contributed by atoms with Crippen molar-refractivity contribution in [3.05, 3.63) is 51.0 Å². The second-order valence-corrected chi connectivity index (χ2v) is 5.05. The fourth-order valence-electron chi connectivity index (χ4n) is 1.48. The van der Waals surface area contributed by atoms with Crippen molar-refractivity contribution in [2.45, 2.75) is 6.18 Å². The number of alkyl halides is 3. The van der Waals surface area contributed by atoms with Gasteiger partial charge in [-0.3, -0.25) is 4.79 Å². The van der Waals surface area contributed by atoms with Crippen molar-refractivity contribution >= 4 is 28.9 Å². The van der Waals surface area contributed by atoms with Crippen LogP contribution < -0.4 is 4.74 Å². The molecule has 0 amide bonds. The Balaban J connectivity index is 2.49. The number of carbonyl (C=O) groups excluding carboxylic acids is 1. The highest BCUT2D eigenvalue weighted by atomic mass is 127. The first-order valence-corrected chi connectivity index (χ1v) is 6.55. The van der Waals surface area contributed by atoms with Crippen LogP contribution in [0.4, 0.5) is 17.6 Å². The fraction of sp³-hybridized carbons (Fsp3) is 0.0769. The quantitative estimate of drug-likeness (QED) is 0.426. The van der Waals surface area contributed by atoms with E-state index >= 15 is 0 Å². The summed E-state index contributed by atoms with van der Waals surface area (Å²) in [6.07, 6.45) is -3.62. The molecule has 0 fully saturated rings. The molecule has 110 valence electrons. The third-order valence-electron chi connectivity index (χ3n) is 2.44. The molecule has 3 nitrogen and oxygen atoms in total. The molecule has 0 saturated carbocycles. The van der Waals surface area contributed by atoms with E-state index in [1.54, 1.807) is 22.6 Å². The van der Waals surface area contributed by atoms with Gasteiger partial charge in [-0.05, 0) is 40.8 Å². The lowest BCUT2D eigenvalue weighted by atomic mass is 10.2. The minimum absolute atomic E-state index is 0.197. The molecule has 2 aromatic rings. The normalized spacial score (nSPS) is 11.3. The van der Waals surface area contributed by atoms with Crippen LogP contribution in [0.5, 0.6) is 11.6 Å². The second-order valence-electron chi connectivity index (χ2n) is 3.89. The van der Waals surface area contributed by atoms with E-state index in [2.05, 4.69) is 4.98 Å². The van der Waals surface area contributed by atoms with Gasteiger partial charge in [-0.15, -0.1) is 0 Å². The number of nitrogens with zero attached hydrogens (tertiary/aromatic N) is 1. The summed E-state index contributed by atoms with van der Waals surface area (Å²) in [5.74, 6) is -1.97. The Labute approximate surface area is 130 Å². The van der Waals surface area contributed by atoms with E-state index in [4.69, 9.17) is 4.74 Å². The SMILES string of the molecule is O=Cc1cnc(Oc2cccc(I)c2F)c(C(F)(F)F)c1. The number of aldehydes is 1. The van der Waals surface area contributed by atoms with Crippen molar-refractivity contribution in [2.75, 3.05) is 0 Å². The summed E-state index contributed by atoms with van der Waals surface area (Å²) in [4.78, 5) is 14.0. The van der Waals surface area contributed by atoms with E-state index < -0.39 is 23.4 Å². The number of pyridine rings is 1. The van der Waals surface area contributed by atoms with E-state index in [1.807, 2.05) is 0 Å². The van der Waals surface area contributed by atoms with Crippen molar-refractivity contribution in [3.63, 3.8) is 0 Å². The maximum absolute atomic E-state index is 13.8. The zero-order valence-corrected chi connectivity index (χ0v) is 12.3. The van der Waals surface area contributed by atoms with Crippen LogP contribution in [0, 0.1) is 9.39 Å². The molecule has 8 heteroatoms. The van der Waals surface area contributed by atoms with Crippen LogP contribution in [0.15, 0.2) is 30.5 Å². The minimum atomic E-state index is -4.78. The molecule has 0 N–H and O–H groups in total. The molecule has 0 saturated heterocycles. The van der Waals surface area contributed by atoms with Crippen LogP contribution in [0.1, 0.15) is 15.9 Å². The lowest BCUT2D eigenvalue weighted by Crippen LogP contribution is -2.09. The van der Waals surface area contributed by atoms with Gasteiger partial charge in [-0.1, -0.05) is 6.07 Å². The van der Waals surface area contributed by atoms with E-state index in [9.17, 15) is 22.4 Å². The Morgan fingerprint density at radius 2 is 2.00 bits per heavy atom. The molecule has 0 spiro atoms. The number of benzene rings is 1. The molecular formula is C13H6F4INO2. The molecule has 0 radical (unpaired) electrons. The summed E-state index contributed by atoms with van der Waals surface area (Å²) in [5, 5.41) is 0. The monoisotopic (exact) mass is 411 g/mol. The molecule has 0 aliphatic heterocycles. The summed E-state index contributed by atoms with van der Waals surface area (Å²) < 4.78 is 57.6. The Morgan fingerprint density at radius 1 is 1.29 bits per heavy atom. The summed E-state index contributed by atoms with van der Waals surface area (Å²) >= 11 is 1.68. The van der Waals surface area contributed by atoms with E-state index in [0.717, 1.165) is 6.20 Å². The third kappa shape index (κ3) is 3.49. The number of ether oxygens (including phenoxy) is 1. The van der Waals surface area contributed by atoms with E-state index in [0.29, 0.717) is 6.07 Å². The van der Waals surface area contributed by atoms with Crippen LogP contribution in [-0.2, 0) is 6.18 Å². The zero-order valence-electron chi connectivity index (χ0n) is 10.1. The van der Waals surface area contributed by atoms with Gasteiger partial charge in [-0.25, -0.2) is 9.37 Å². The Morgan fingerprint density at radius 3 is 2.62 bits per heavy atom. The van der Waals surface area contributed by atoms with Gasteiger partial charge in [0.25, 0.3) is 0 Å². The number of aromatic nitrogens is 1. The maximum atomic E-state index is 13.8. The molecule has 1 heterocycles. The maximum Gasteiger partial charge on any atom is 0.421 e. The van der Waals surface area contributed by atoms with Crippen molar-refractivity contribution in [1.29, 1.82) is 0 Å². The summed E-state index contributed by atoms with van der Waals surface area (Å²) in [5.41, 5.74) is -1.50. The number of halogens is 5. The Bertz CT molecular complexity index is 688. The van der Waals surface area contributed by atoms with Crippen LogP contribution in [0.2, 0.25) is 0 Å². The Hall–Kier alpha value is -1.71. The number of hydrogen-bond donors (Lipinski definition) is 0. The highest BCUT2D eigenvalue weighted by Crippen LogP contribution is 2.37. The number of rotatable bonds is 3. The molecule has 0 unspecified atom stereocenters. The third-order valence-corrected chi connectivity index (χ3v) is 3.27. The van der Waals surface area contributed by atoms with E-state index in [-0.39, 0.29) is 21.2 Å². The lowest BCUT2D eigenvalue weighted by Gasteiger charge is -2.13. The topological polar surface area (TPSA) is 39.2 Å². The fourth-order valence-corrected chi connectivity index (χ4v) is 1.96. The minimum Gasteiger partial charge on any atom is -0.435 e. The number of carbonyl (C=O) groups is 1. The molecule has 0 aliphatic carbocycles.